The molecule has 0 radical (unpaired) electrons. The van der Waals surface area contributed by atoms with E-state index in [9.17, 15) is 5.11 Å². The van der Waals surface area contributed by atoms with E-state index in [4.69, 9.17) is 21.1 Å². The molecule has 2 aromatic carbocycles. The quantitative estimate of drug-likeness (QED) is 0.447. The van der Waals surface area contributed by atoms with Crippen LogP contribution < -0.4 is 4.74 Å². The van der Waals surface area contributed by atoms with Crippen molar-refractivity contribution in [3.05, 3.63) is 88.5 Å². The standard InChI is InChI=1S/C26H29ClO3/c1-3-7-20(16-21-11-12-22(28)17-25(21)27)10-13-26-24(14-15-29-26)19(2)18-30-23-8-5-4-6-9-23/h4-6,8-9,11-12,14,16-17,26,28H,2-3,7,10,13,15,18H2,1H3/b20-16+. The van der Waals surface area contributed by atoms with Gasteiger partial charge in [0.05, 0.1) is 17.7 Å². The molecule has 0 saturated heterocycles. The number of allylic oxidation sites excluding steroid dienone is 1. The lowest BCUT2D eigenvalue weighted by Gasteiger charge is -2.18. The first-order chi connectivity index (χ1) is 14.6. The van der Waals surface area contributed by atoms with Crippen LogP contribution in [0.2, 0.25) is 5.02 Å². The summed E-state index contributed by atoms with van der Waals surface area (Å²) in [7, 11) is 0. The number of phenolic OH excluding ortho intramolecular Hbond substituents is 1. The van der Waals surface area contributed by atoms with Gasteiger partial charge in [-0.3, -0.25) is 0 Å². The minimum atomic E-state index is 0.0346. The summed E-state index contributed by atoms with van der Waals surface area (Å²) >= 11 is 6.29. The van der Waals surface area contributed by atoms with E-state index < -0.39 is 0 Å². The molecule has 0 aromatic heterocycles. The maximum absolute atomic E-state index is 9.57. The number of halogens is 1. The Hall–Kier alpha value is -2.49. The van der Waals surface area contributed by atoms with Crippen LogP contribution in [0, 0.1) is 0 Å². The van der Waals surface area contributed by atoms with Gasteiger partial charge in [0.1, 0.15) is 18.1 Å². The fraction of sp³-hybridized carbons (Fsp3) is 0.308. The number of rotatable bonds is 10. The second kappa shape index (κ2) is 11.1. The Morgan fingerprint density at radius 2 is 2.03 bits per heavy atom. The molecule has 30 heavy (non-hydrogen) atoms. The monoisotopic (exact) mass is 424 g/mol. The Morgan fingerprint density at radius 1 is 1.23 bits per heavy atom. The molecule has 2 aromatic rings. The van der Waals surface area contributed by atoms with Crippen LogP contribution in [0.15, 0.2) is 77.9 Å². The molecule has 0 fully saturated rings. The lowest BCUT2D eigenvalue weighted by atomic mass is 9.95. The predicted octanol–water partition coefficient (Wildman–Crippen LogP) is 6.97. The summed E-state index contributed by atoms with van der Waals surface area (Å²) in [6, 6.07) is 14.9. The first-order valence-electron chi connectivity index (χ1n) is 10.4. The lowest BCUT2D eigenvalue weighted by Crippen LogP contribution is -2.15. The molecule has 1 atom stereocenters. The minimum absolute atomic E-state index is 0.0346. The fourth-order valence-corrected chi connectivity index (χ4v) is 3.85. The number of ether oxygens (including phenoxy) is 2. The van der Waals surface area contributed by atoms with Gasteiger partial charge >= 0.3 is 0 Å². The predicted molar refractivity (Wildman–Crippen MR) is 124 cm³/mol. The number of phenols is 1. The highest BCUT2D eigenvalue weighted by molar-refractivity contribution is 6.32. The van der Waals surface area contributed by atoms with Gasteiger partial charge in [-0.1, -0.05) is 67.4 Å². The molecule has 1 unspecified atom stereocenters. The van der Waals surface area contributed by atoms with Crippen molar-refractivity contribution in [1.82, 2.24) is 0 Å². The molecule has 0 bridgehead atoms. The van der Waals surface area contributed by atoms with Crippen molar-refractivity contribution < 1.29 is 14.6 Å². The average molecular weight is 425 g/mol. The third-order valence-corrected chi connectivity index (χ3v) is 5.48. The van der Waals surface area contributed by atoms with Crippen LogP contribution >= 0.6 is 11.6 Å². The highest BCUT2D eigenvalue weighted by Gasteiger charge is 2.22. The molecule has 0 aliphatic carbocycles. The molecular weight excluding hydrogens is 396 g/mol. The molecule has 4 heteroatoms. The molecule has 1 aliphatic heterocycles. The lowest BCUT2D eigenvalue weighted by molar-refractivity contribution is 0.116. The maximum Gasteiger partial charge on any atom is 0.119 e. The van der Waals surface area contributed by atoms with Crippen molar-refractivity contribution in [1.29, 1.82) is 0 Å². The van der Waals surface area contributed by atoms with Gasteiger partial charge in [-0.25, -0.2) is 0 Å². The van der Waals surface area contributed by atoms with Crippen molar-refractivity contribution in [2.45, 2.75) is 38.7 Å². The minimum Gasteiger partial charge on any atom is -0.508 e. The van der Waals surface area contributed by atoms with Gasteiger partial charge in [0, 0.05) is 0 Å². The Kier molecular flexibility index (Phi) is 8.18. The van der Waals surface area contributed by atoms with E-state index in [2.05, 4.69) is 25.7 Å². The van der Waals surface area contributed by atoms with E-state index in [1.165, 1.54) is 5.57 Å². The summed E-state index contributed by atoms with van der Waals surface area (Å²) in [5.74, 6) is 1.02. The van der Waals surface area contributed by atoms with Crippen molar-refractivity contribution in [3.63, 3.8) is 0 Å². The van der Waals surface area contributed by atoms with E-state index >= 15 is 0 Å². The largest absolute Gasteiger partial charge is 0.508 e. The van der Waals surface area contributed by atoms with Crippen molar-refractivity contribution in [2.75, 3.05) is 13.2 Å². The fourth-order valence-electron chi connectivity index (χ4n) is 3.62. The second-order valence-corrected chi connectivity index (χ2v) is 7.89. The zero-order chi connectivity index (χ0) is 21.3. The Labute approximate surface area is 184 Å². The Balaban J connectivity index is 1.60. The van der Waals surface area contributed by atoms with E-state index in [0.717, 1.165) is 48.1 Å². The van der Waals surface area contributed by atoms with Gasteiger partial charge in [0.2, 0.25) is 0 Å². The summed E-state index contributed by atoms with van der Waals surface area (Å²) in [5, 5.41) is 10.1. The summed E-state index contributed by atoms with van der Waals surface area (Å²) in [5.41, 5.74) is 4.36. The first kappa shape index (κ1) is 22.2. The molecule has 1 N–H and O–H groups in total. The van der Waals surface area contributed by atoms with E-state index in [0.29, 0.717) is 18.2 Å². The molecule has 1 heterocycles. The topological polar surface area (TPSA) is 38.7 Å². The zero-order valence-corrected chi connectivity index (χ0v) is 18.2. The van der Waals surface area contributed by atoms with Gasteiger partial charge in [-0.15, -0.1) is 0 Å². The average Bonchev–Trinajstić information content (AvgIpc) is 3.22. The molecular formula is C26H29ClO3. The van der Waals surface area contributed by atoms with Gasteiger partial charge in [0.15, 0.2) is 0 Å². The highest BCUT2D eigenvalue weighted by Crippen LogP contribution is 2.30. The molecule has 0 spiro atoms. The zero-order valence-electron chi connectivity index (χ0n) is 17.4. The van der Waals surface area contributed by atoms with Crippen LogP contribution in [0.5, 0.6) is 11.5 Å². The number of aromatic hydroxyl groups is 1. The third kappa shape index (κ3) is 6.25. The smallest absolute Gasteiger partial charge is 0.119 e. The summed E-state index contributed by atoms with van der Waals surface area (Å²) in [6.45, 7) is 7.46. The summed E-state index contributed by atoms with van der Waals surface area (Å²) in [4.78, 5) is 0. The number of para-hydroxylation sites is 1. The van der Waals surface area contributed by atoms with E-state index in [1.807, 2.05) is 36.4 Å². The first-order valence-corrected chi connectivity index (χ1v) is 10.8. The van der Waals surface area contributed by atoms with Crippen LogP contribution in [0.25, 0.3) is 6.08 Å². The van der Waals surface area contributed by atoms with Crippen LogP contribution in [-0.2, 0) is 4.74 Å². The van der Waals surface area contributed by atoms with Crippen molar-refractivity contribution in [2.24, 2.45) is 0 Å². The second-order valence-electron chi connectivity index (χ2n) is 7.48. The third-order valence-electron chi connectivity index (χ3n) is 5.15. The Morgan fingerprint density at radius 3 is 2.77 bits per heavy atom. The van der Waals surface area contributed by atoms with Crippen LogP contribution in [0.1, 0.15) is 38.2 Å². The van der Waals surface area contributed by atoms with E-state index in [-0.39, 0.29) is 11.9 Å². The van der Waals surface area contributed by atoms with Gasteiger partial charge in [0.25, 0.3) is 0 Å². The number of benzene rings is 2. The number of hydrogen-bond donors (Lipinski definition) is 1. The van der Waals surface area contributed by atoms with Crippen LogP contribution in [0.3, 0.4) is 0 Å². The molecule has 0 saturated carbocycles. The molecule has 3 rings (SSSR count). The van der Waals surface area contributed by atoms with Crippen molar-refractivity contribution >= 4 is 17.7 Å². The SMILES string of the molecule is C=C(COc1ccccc1)C1=CCOC1CC/C(=C/c1ccc(O)cc1Cl)CCC. The number of hydrogen-bond acceptors (Lipinski definition) is 3. The summed E-state index contributed by atoms with van der Waals surface area (Å²) < 4.78 is 11.8. The molecule has 3 nitrogen and oxygen atoms in total. The highest BCUT2D eigenvalue weighted by atomic mass is 35.5. The summed E-state index contributed by atoms with van der Waals surface area (Å²) in [6.07, 6.45) is 8.15. The molecule has 0 amide bonds. The van der Waals surface area contributed by atoms with E-state index in [1.54, 1.807) is 12.1 Å². The molecule has 1 aliphatic rings. The Bertz CT molecular complexity index is 915. The van der Waals surface area contributed by atoms with Crippen LogP contribution in [0.4, 0.5) is 0 Å². The maximum atomic E-state index is 9.57. The van der Waals surface area contributed by atoms with Gasteiger partial charge < -0.3 is 14.6 Å². The molecule has 158 valence electrons. The normalized spacial score (nSPS) is 16.4. The van der Waals surface area contributed by atoms with Crippen molar-refractivity contribution in [3.8, 4) is 11.5 Å². The van der Waals surface area contributed by atoms with Crippen LogP contribution in [-0.4, -0.2) is 24.4 Å². The van der Waals surface area contributed by atoms with Gasteiger partial charge in [-0.05, 0) is 66.3 Å². The van der Waals surface area contributed by atoms with Gasteiger partial charge in [-0.2, -0.15) is 0 Å².